The van der Waals surface area contributed by atoms with Crippen LogP contribution in [0.3, 0.4) is 0 Å². The van der Waals surface area contributed by atoms with Gasteiger partial charge in [0, 0.05) is 18.7 Å². The molecule has 0 bridgehead atoms. The van der Waals surface area contributed by atoms with Gasteiger partial charge in [-0.2, -0.15) is 0 Å². The molecule has 3 heteroatoms. The average molecular weight is 191 g/mol. The minimum atomic E-state index is 0.617. The van der Waals surface area contributed by atoms with E-state index in [-0.39, 0.29) is 0 Å². The highest BCUT2D eigenvalue weighted by Crippen LogP contribution is 2.31. The van der Waals surface area contributed by atoms with E-state index in [1.165, 1.54) is 25.7 Å². The Morgan fingerprint density at radius 2 is 2.21 bits per heavy atom. The normalized spacial score (nSPS) is 17.5. The molecule has 1 aromatic rings. The predicted molar refractivity (Wildman–Crippen MR) is 56.0 cm³/mol. The van der Waals surface area contributed by atoms with Gasteiger partial charge in [0.05, 0.1) is 5.69 Å². The third-order valence-electron chi connectivity index (χ3n) is 2.81. The molecule has 0 spiro atoms. The van der Waals surface area contributed by atoms with Crippen molar-refractivity contribution < 1.29 is 0 Å². The predicted octanol–water partition coefficient (Wildman–Crippen LogP) is 1.85. The highest BCUT2D eigenvalue weighted by Gasteiger charge is 2.19. The van der Waals surface area contributed by atoms with E-state index in [4.69, 9.17) is 0 Å². The maximum absolute atomic E-state index is 4.57. The molecule has 0 aromatic carbocycles. The SMILES string of the molecule is CNCc1ccnc(C2CCCC2)n1. The van der Waals surface area contributed by atoms with Crippen molar-refractivity contribution in [2.45, 2.75) is 38.1 Å². The van der Waals surface area contributed by atoms with Crippen LogP contribution in [-0.2, 0) is 6.54 Å². The van der Waals surface area contributed by atoms with Crippen molar-refractivity contribution in [3.8, 4) is 0 Å². The zero-order valence-electron chi connectivity index (χ0n) is 8.66. The van der Waals surface area contributed by atoms with Crippen molar-refractivity contribution >= 4 is 0 Å². The van der Waals surface area contributed by atoms with Gasteiger partial charge < -0.3 is 5.32 Å². The maximum Gasteiger partial charge on any atom is 0.131 e. The van der Waals surface area contributed by atoms with E-state index < -0.39 is 0 Å². The maximum atomic E-state index is 4.57. The highest BCUT2D eigenvalue weighted by molar-refractivity contribution is 5.06. The molecule has 0 aliphatic heterocycles. The average Bonchev–Trinajstić information content (AvgIpc) is 2.71. The van der Waals surface area contributed by atoms with E-state index in [2.05, 4.69) is 15.3 Å². The van der Waals surface area contributed by atoms with E-state index in [1.54, 1.807) is 0 Å². The first-order valence-corrected chi connectivity index (χ1v) is 5.36. The molecule has 0 unspecified atom stereocenters. The van der Waals surface area contributed by atoms with Gasteiger partial charge in [-0.3, -0.25) is 0 Å². The molecule has 1 saturated carbocycles. The molecule has 2 rings (SSSR count). The van der Waals surface area contributed by atoms with E-state index in [1.807, 2.05) is 19.3 Å². The summed E-state index contributed by atoms with van der Waals surface area (Å²) in [6, 6.07) is 1.98. The minimum Gasteiger partial charge on any atom is -0.314 e. The molecule has 1 aliphatic carbocycles. The van der Waals surface area contributed by atoms with Crippen molar-refractivity contribution in [2.75, 3.05) is 7.05 Å². The summed E-state index contributed by atoms with van der Waals surface area (Å²) in [5.41, 5.74) is 1.10. The Morgan fingerprint density at radius 1 is 1.43 bits per heavy atom. The fourth-order valence-corrected chi connectivity index (χ4v) is 2.07. The smallest absolute Gasteiger partial charge is 0.131 e. The minimum absolute atomic E-state index is 0.617. The van der Waals surface area contributed by atoms with Crippen LogP contribution in [0.2, 0.25) is 0 Å². The van der Waals surface area contributed by atoms with Gasteiger partial charge in [-0.25, -0.2) is 9.97 Å². The van der Waals surface area contributed by atoms with E-state index >= 15 is 0 Å². The standard InChI is InChI=1S/C11H17N3/c1-12-8-10-6-7-13-11(14-10)9-4-2-3-5-9/h6-7,9,12H,2-5,8H2,1H3. The summed E-state index contributed by atoms with van der Waals surface area (Å²) in [6.45, 7) is 0.836. The van der Waals surface area contributed by atoms with E-state index in [9.17, 15) is 0 Å². The first-order chi connectivity index (χ1) is 6.90. The monoisotopic (exact) mass is 191 g/mol. The van der Waals surface area contributed by atoms with Crippen LogP contribution in [0.15, 0.2) is 12.3 Å². The number of rotatable bonds is 3. The van der Waals surface area contributed by atoms with Gasteiger partial charge in [0.15, 0.2) is 0 Å². The van der Waals surface area contributed by atoms with E-state index in [0.29, 0.717) is 5.92 Å². The summed E-state index contributed by atoms with van der Waals surface area (Å²) < 4.78 is 0. The molecular formula is C11H17N3. The lowest BCUT2D eigenvalue weighted by Crippen LogP contribution is -2.09. The second-order valence-electron chi connectivity index (χ2n) is 3.92. The third-order valence-corrected chi connectivity index (χ3v) is 2.81. The van der Waals surface area contributed by atoms with Crippen molar-refractivity contribution in [2.24, 2.45) is 0 Å². The van der Waals surface area contributed by atoms with Crippen molar-refractivity contribution in [1.82, 2.24) is 15.3 Å². The molecule has 0 radical (unpaired) electrons. The van der Waals surface area contributed by atoms with Gasteiger partial charge in [-0.15, -0.1) is 0 Å². The molecule has 1 N–H and O–H groups in total. The molecule has 0 saturated heterocycles. The van der Waals surface area contributed by atoms with E-state index in [0.717, 1.165) is 18.1 Å². The molecular weight excluding hydrogens is 174 g/mol. The molecule has 14 heavy (non-hydrogen) atoms. The Kier molecular flexibility index (Phi) is 3.09. The largest absolute Gasteiger partial charge is 0.314 e. The first kappa shape index (κ1) is 9.59. The zero-order chi connectivity index (χ0) is 9.80. The van der Waals surface area contributed by atoms with Crippen LogP contribution in [0.1, 0.15) is 43.1 Å². The van der Waals surface area contributed by atoms with Crippen molar-refractivity contribution in [3.63, 3.8) is 0 Å². The molecule has 3 nitrogen and oxygen atoms in total. The third kappa shape index (κ3) is 2.10. The summed E-state index contributed by atoms with van der Waals surface area (Å²) in [7, 11) is 1.94. The molecule has 1 heterocycles. The number of hydrogen-bond acceptors (Lipinski definition) is 3. The van der Waals surface area contributed by atoms with Crippen molar-refractivity contribution in [1.29, 1.82) is 0 Å². The van der Waals surface area contributed by atoms with Crippen LogP contribution < -0.4 is 5.32 Å². The van der Waals surface area contributed by atoms with Crippen LogP contribution in [0.5, 0.6) is 0 Å². The molecule has 76 valence electrons. The zero-order valence-corrected chi connectivity index (χ0v) is 8.66. The lowest BCUT2D eigenvalue weighted by molar-refractivity contribution is 0.653. The van der Waals surface area contributed by atoms with Crippen LogP contribution in [0, 0.1) is 0 Å². The first-order valence-electron chi connectivity index (χ1n) is 5.36. The molecule has 0 amide bonds. The van der Waals surface area contributed by atoms with Gasteiger partial charge in [-0.05, 0) is 26.0 Å². The van der Waals surface area contributed by atoms with Gasteiger partial charge in [0.2, 0.25) is 0 Å². The van der Waals surface area contributed by atoms with Gasteiger partial charge in [0.1, 0.15) is 5.82 Å². The lowest BCUT2D eigenvalue weighted by atomic mass is 10.1. The second-order valence-corrected chi connectivity index (χ2v) is 3.92. The van der Waals surface area contributed by atoms with Crippen molar-refractivity contribution in [3.05, 3.63) is 23.8 Å². The fraction of sp³-hybridized carbons (Fsp3) is 0.636. The quantitative estimate of drug-likeness (QED) is 0.792. The number of hydrogen-bond donors (Lipinski definition) is 1. The van der Waals surface area contributed by atoms with Gasteiger partial charge in [-0.1, -0.05) is 12.8 Å². The summed E-state index contributed by atoms with van der Waals surface area (Å²) in [6.07, 6.45) is 7.09. The number of aromatic nitrogens is 2. The van der Waals surface area contributed by atoms with Gasteiger partial charge >= 0.3 is 0 Å². The molecule has 1 aromatic heterocycles. The Balaban J connectivity index is 2.12. The molecule has 1 fully saturated rings. The molecule has 0 atom stereocenters. The summed E-state index contributed by atoms with van der Waals surface area (Å²) in [5.74, 6) is 1.67. The Hall–Kier alpha value is -0.960. The van der Waals surface area contributed by atoms with Crippen LogP contribution in [-0.4, -0.2) is 17.0 Å². The van der Waals surface area contributed by atoms with Gasteiger partial charge in [0.25, 0.3) is 0 Å². The summed E-state index contributed by atoms with van der Waals surface area (Å²) >= 11 is 0. The van der Waals surface area contributed by atoms with Crippen LogP contribution >= 0.6 is 0 Å². The summed E-state index contributed by atoms with van der Waals surface area (Å²) in [4.78, 5) is 8.94. The van der Waals surface area contributed by atoms with Crippen LogP contribution in [0.4, 0.5) is 0 Å². The second kappa shape index (κ2) is 4.51. The number of nitrogens with one attached hydrogen (secondary N) is 1. The Labute approximate surface area is 85.0 Å². The Bertz CT molecular complexity index is 292. The summed E-state index contributed by atoms with van der Waals surface area (Å²) in [5, 5.41) is 3.11. The lowest BCUT2D eigenvalue weighted by Gasteiger charge is -2.08. The highest BCUT2D eigenvalue weighted by atomic mass is 14.9. The Morgan fingerprint density at radius 3 is 2.93 bits per heavy atom. The van der Waals surface area contributed by atoms with Crippen LogP contribution in [0.25, 0.3) is 0 Å². The number of nitrogens with zero attached hydrogens (tertiary/aromatic N) is 2. The molecule has 1 aliphatic rings. The topological polar surface area (TPSA) is 37.8 Å². The fourth-order valence-electron chi connectivity index (χ4n) is 2.07.